The molecule has 4 nitrogen and oxygen atoms in total. The molecule has 0 radical (unpaired) electrons. The monoisotopic (exact) mass is 248 g/mol. The number of aliphatic hydroxyl groups excluding tert-OH is 1. The molecule has 2 N–H and O–H groups in total. The fourth-order valence-electron chi connectivity index (χ4n) is 2.18. The van der Waals surface area contributed by atoms with Crippen LogP contribution in [0.1, 0.15) is 30.1 Å². The fraction of sp³-hybridized carbons (Fsp3) is 0.500. The van der Waals surface area contributed by atoms with Crippen LogP contribution in [0.3, 0.4) is 0 Å². The maximum absolute atomic E-state index is 12.4. The van der Waals surface area contributed by atoms with Crippen molar-refractivity contribution in [1.29, 1.82) is 0 Å². The molecule has 1 aromatic carbocycles. The van der Waals surface area contributed by atoms with Gasteiger partial charge in [-0.1, -0.05) is 19.1 Å². The van der Waals surface area contributed by atoms with Crippen LogP contribution in [0, 0.1) is 0 Å². The SMILES string of the molecule is CCCNc1ccccc1C(=O)N1CC[C@@H](O)C1. The van der Waals surface area contributed by atoms with Gasteiger partial charge in [0.25, 0.3) is 5.91 Å². The van der Waals surface area contributed by atoms with E-state index in [1.165, 1.54) is 0 Å². The lowest BCUT2D eigenvalue weighted by Crippen LogP contribution is -2.30. The summed E-state index contributed by atoms with van der Waals surface area (Å²) in [4.78, 5) is 14.1. The van der Waals surface area contributed by atoms with E-state index < -0.39 is 0 Å². The second-order valence-corrected chi connectivity index (χ2v) is 4.67. The summed E-state index contributed by atoms with van der Waals surface area (Å²) in [7, 11) is 0. The standard InChI is InChI=1S/C14H20N2O2/c1-2-8-15-13-6-4-3-5-12(13)14(18)16-9-7-11(17)10-16/h3-6,11,15,17H,2,7-10H2,1H3/t11-/m1/s1. The summed E-state index contributed by atoms with van der Waals surface area (Å²) in [6.45, 7) is 4.03. The van der Waals surface area contributed by atoms with Crippen LogP contribution in [0.2, 0.25) is 0 Å². The Morgan fingerprint density at radius 3 is 2.94 bits per heavy atom. The van der Waals surface area contributed by atoms with Crippen LogP contribution >= 0.6 is 0 Å². The zero-order chi connectivity index (χ0) is 13.0. The van der Waals surface area contributed by atoms with Crippen molar-refractivity contribution >= 4 is 11.6 Å². The molecule has 1 heterocycles. The van der Waals surface area contributed by atoms with Crippen molar-refractivity contribution in [1.82, 2.24) is 4.90 Å². The summed E-state index contributed by atoms with van der Waals surface area (Å²) in [6, 6.07) is 7.56. The maximum atomic E-state index is 12.4. The smallest absolute Gasteiger partial charge is 0.256 e. The van der Waals surface area contributed by atoms with Crippen LogP contribution in [0.15, 0.2) is 24.3 Å². The minimum atomic E-state index is -0.371. The summed E-state index contributed by atoms with van der Waals surface area (Å²) < 4.78 is 0. The molecule has 0 unspecified atom stereocenters. The van der Waals surface area contributed by atoms with Gasteiger partial charge < -0.3 is 15.3 Å². The van der Waals surface area contributed by atoms with Gasteiger partial charge in [0.15, 0.2) is 0 Å². The highest BCUT2D eigenvalue weighted by atomic mass is 16.3. The summed E-state index contributed by atoms with van der Waals surface area (Å²) in [6.07, 6.45) is 1.33. The number of rotatable bonds is 4. The van der Waals surface area contributed by atoms with Gasteiger partial charge in [-0.15, -0.1) is 0 Å². The van der Waals surface area contributed by atoms with Gasteiger partial charge in [-0.2, -0.15) is 0 Å². The molecule has 1 amide bonds. The molecule has 1 aromatic rings. The third-order valence-electron chi connectivity index (χ3n) is 3.17. The molecule has 0 aromatic heterocycles. The number of anilines is 1. The number of hydrogen-bond donors (Lipinski definition) is 2. The Kier molecular flexibility index (Phi) is 4.20. The van der Waals surface area contributed by atoms with Crippen molar-refractivity contribution in [2.45, 2.75) is 25.9 Å². The van der Waals surface area contributed by atoms with Crippen molar-refractivity contribution in [2.24, 2.45) is 0 Å². The van der Waals surface area contributed by atoms with E-state index in [4.69, 9.17) is 0 Å². The Morgan fingerprint density at radius 1 is 1.50 bits per heavy atom. The highest BCUT2D eigenvalue weighted by Crippen LogP contribution is 2.20. The van der Waals surface area contributed by atoms with Crippen molar-refractivity contribution in [3.63, 3.8) is 0 Å². The quantitative estimate of drug-likeness (QED) is 0.853. The molecule has 4 heteroatoms. The number of hydrogen-bond acceptors (Lipinski definition) is 3. The Bertz CT molecular complexity index is 420. The number of likely N-dealkylation sites (tertiary alicyclic amines) is 1. The van der Waals surface area contributed by atoms with Gasteiger partial charge in [0.1, 0.15) is 0 Å². The average molecular weight is 248 g/mol. The lowest BCUT2D eigenvalue weighted by molar-refractivity contribution is 0.0766. The third kappa shape index (κ3) is 2.82. The first-order chi connectivity index (χ1) is 8.72. The molecule has 18 heavy (non-hydrogen) atoms. The second kappa shape index (κ2) is 5.87. The summed E-state index contributed by atoms with van der Waals surface area (Å²) in [5, 5.41) is 12.8. The van der Waals surface area contributed by atoms with Crippen LogP contribution in [-0.2, 0) is 0 Å². The van der Waals surface area contributed by atoms with Crippen molar-refractivity contribution in [2.75, 3.05) is 25.0 Å². The number of β-amino-alcohol motifs (C(OH)–C–C–N with tert-alkyl or cyclic N) is 1. The van der Waals surface area contributed by atoms with Gasteiger partial charge >= 0.3 is 0 Å². The first-order valence-electron chi connectivity index (χ1n) is 6.52. The van der Waals surface area contributed by atoms with E-state index in [1.807, 2.05) is 24.3 Å². The van der Waals surface area contributed by atoms with E-state index in [0.717, 1.165) is 18.7 Å². The number of para-hydroxylation sites is 1. The highest BCUT2D eigenvalue weighted by Gasteiger charge is 2.26. The fourth-order valence-corrected chi connectivity index (χ4v) is 2.18. The number of benzene rings is 1. The normalized spacial score (nSPS) is 19.0. The van der Waals surface area contributed by atoms with Crippen LogP contribution in [0.25, 0.3) is 0 Å². The van der Waals surface area contributed by atoms with E-state index in [-0.39, 0.29) is 12.0 Å². The highest BCUT2D eigenvalue weighted by molar-refractivity contribution is 5.99. The molecule has 2 rings (SSSR count). The number of amides is 1. The predicted molar refractivity (Wildman–Crippen MR) is 71.8 cm³/mol. The van der Waals surface area contributed by atoms with Crippen molar-refractivity contribution in [3.8, 4) is 0 Å². The molecule has 0 saturated carbocycles. The molecule has 98 valence electrons. The Morgan fingerprint density at radius 2 is 2.28 bits per heavy atom. The summed E-state index contributed by atoms with van der Waals surface area (Å²) in [5.41, 5.74) is 1.57. The zero-order valence-corrected chi connectivity index (χ0v) is 10.7. The average Bonchev–Trinajstić information content (AvgIpc) is 2.82. The number of nitrogens with one attached hydrogen (secondary N) is 1. The molecular weight excluding hydrogens is 228 g/mol. The van der Waals surface area contributed by atoms with Crippen LogP contribution in [-0.4, -0.2) is 41.7 Å². The number of carbonyl (C=O) groups is 1. The van der Waals surface area contributed by atoms with E-state index in [0.29, 0.717) is 25.1 Å². The zero-order valence-electron chi connectivity index (χ0n) is 10.7. The Balaban J connectivity index is 2.14. The van der Waals surface area contributed by atoms with Crippen LogP contribution in [0.5, 0.6) is 0 Å². The van der Waals surface area contributed by atoms with Gasteiger partial charge in [0.2, 0.25) is 0 Å². The Hall–Kier alpha value is -1.55. The van der Waals surface area contributed by atoms with Gasteiger partial charge in [0.05, 0.1) is 11.7 Å². The van der Waals surface area contributed by atoms with E-state index in [1.54, 1.807) is 4.90 Å². The minimum absolute atomic E-state index is 0.00533. The van der Waals surface area contributed by atoms with Crippen LogP contribution in [0.4, 0.5) is 5.69 Å². The molecule has 1 aliphatic rings. The van der Waals surface area contributed by atoms with Gasteiger partial charge in [-0.05, 0) is 25.0 Å². The van der Waals surface area contributed by atoms with E-state index in [9.17, 15) is 9.90 Å². The molecule has 0 aliphatic carbocycles. The number of nitrogens with zero attached hydrogens (tertiary/aromatic N) is 1. The van der Waals surface area contributed by atoms with Crippen LogP contribution < -0.4 is 5.32 Å². The van der Waals surface area contributed by atoms with Gasteiger partial charge in [-0.3, -0.25) is 4.79 Å². The second-order valence-electron chi connectivity index (χ2n) is 4.67. The predicted octanol–water partition coefficient (Wildman–Crippen LogP) is 1.72. The largest absolute Gasteiger partial charge is 0.391 e. The molecule has 1 aliphatic heterocycles. The van der Waals surface area contributed by atoms with Gasteiger partial charge in [-0.25, -0.2) is 0 Å². The van der Waals surface area contributed by atoms with Gasteiger partial charge in [0, 0.05) is 25.3 Å². The summed E-state index contributed by atoms with van der Waals surface area (Å²) in [5.74, 6) is 0.00533. The minimum Gasteiger partial charge on any atom is -0.391 e. The first kappa shape index (κ1) is 12.9. The summed E-state index contributed by atoms with van der Waals surface area (Å²) >= 11 is 0. The molecule has 0 bridgehead atoms. The first-order valence-corrected chi connectivity index (χ1v) is 6.52. The molecular formula is C14H20N2O2. The molecule has 0 spiro atoms. The van der Waals surface area contributed by atoms with E-state index in [2.05, 4.69) is 12.2 Å². The number of carbonyl (C=O) groups excluding carboxylic acids is 1. The number of aliphatic hydroxyl groups is 1. The molecule has 1 atom stereocenters. The van der Waals surface area contributed by atoms with E-state index >= 15 is 0 Å². The van der Waals surface area contributed by atoms with Crippen molar-refractivity contribution < 1.29 is 9.90 Å². The molecule has 1 saturated heterocycles. The Labute approximate surface area is 108 Å². The van der Waals surface area contributed by atoms with Crippen molar-refractivity contribution in [3.05, 3.63) is 29.8 Å². The maximum Gasteiger partial charge on any atom is 0.256 e. The lowest BCUT2D eigenvalue weighted by Gasteiger charge is -2.18. The lowest BCUT2D eigenvalue weighted by atomic mass is 10.1. The topological polar surface area (TPSA) is 52.6 Å². The molecule has 1 fully saturated rings. The third-order valence-corrected chi connectivity index (χ3v) is 3.17.